The first-order chi connectivity index (χ1) is 12.8. The van der Waals surface area contributed by atoms with Crippen LogP contribution in [0.1, 0.15) is 12.5 Å². The molecule has 0 bridgehead atoms. The molecule has 1 aliphatic heterocycles. The van der Waals surface area contributed by atoms with Crippen LogP contribution < -0.4 is 9.64 Å². The molecule has 0 aliphatic carbocycles. The second-order valence-corrected chi connectivity index (χ2v) is 6.21. The van der Waals surface area contributed by atoms with E-state index in [1.807, 2.05) is 12.1 Å². The van der Waals surface area contributed by atoms with Crippen LogP contribution in [0.5, 0.6) is 5.75 Å². The highest BCUT2D eigenvalue weighted by Crippen LogP contribution is 2.26. The Hall–Kier alpha value is -2.87. The van der Waals surface area contributed by atoms with E-state index in [9.17, 15) is 0 Å². The van der Waals surface area contributed by atoms with Crippen LogP contribution in [0.15, 0.2) is 24.3 Å². The number of likely N-dealkylation sites (N-methyl/N-ethyl adjacent to an activating group) is 1. The number of anilines is 1. The number of aryl methyl sites for hydroxylation is 1. The Kier molecular flexibility index (Phi) is 6.95. The second kappa shape index (κ2) is 9.18. The Bertz CT molecular complexity index is 804. The van der Waals surface area contributed by atoms with Gasteiger partial charge in [0.15, 0.2) is 0 Å². The van der Waals surface area contributed by atoms with Crippen LogP contribution in [0.25, 0.3) is 10.9 Å². The van der Waals surface area contributed by atoms with Crippen molar-refractivity contribution in [2.45, 2.75) is 13.8 Å². The summed E-state index contributed by atoms with van der Waals surface area (Å²) in [4.78, 5) is 27.9. The minimum atomic E-state index is -1.82. The SMILES string of the molecule is CCN1CCN(c2cc(C)c3ccc(OC)cc3n2)CC1.O=C(O)C(=O)O. The van der Waals surface area contributed by atoms with Gasteiger partial charge in [-0.2, -0.15) is 0 Å². The van der Waals surface area contributed by atoms with Crippen molar-refractivity contribution >= 4 is 28.7 Å². The van der Waals surface area contributed by atoms with E-state index in [-0.39, 0.29) is 0 Å². The smallest absolute Gasteiger partial charge is 0.414 e. The fraction of sp³-hybridized carbons (Fsp3) is 0.421. The van der Waals surface area contributed by atoms with Crippen molar-refractivity contribution in [1.82, 2.24) is 9.88 Å². The van der Waals surface area contributed by atoms with Crippen molar-refractivity contribution in [1.29, 1.82) is 0 Å². The van der Waals surface area contributed by atoms with Crippen molar-refractivity contribution < 1.29 is 24.5 Å². The maximum absolute atomic E-state index is 9.10. The number of ether oxygens (including phenoxy) is 1. The summed E-state index contributed by atoms with van der Waals surface area (Å²) in [5.74, 6) is -1.70. The van der Waals surface area contributed by atoms with Crippen LogP contribution in [-0.2, 0) is 9.59 Å². The maximum atomic E-state index is 9.10. The first kappa shape index (κ1) is 20.4. The monoisotopic (exact) mass is 375 g/mol. The highest BCUT2D eigenvalue weighted by molar-refractivity contribution is 6.27. The quantitative estimate of drug-likeness (QED) is 0.784. The number of hydrogen-bond acceptors (Lipinski definition) is 6. The number of aliphatic carboxylic acids is 2. The van der Waals surface area contributed by atoms with E-state index in [1.54, 1.807) is 7.11 Å². The molecule has 8 heteroatoms. The highest BCUT2D eigenvalue weighted by Gasteiger charge is 2.17. The summed E-state index contributed by atoms with van der Waals surface area (Å²) in [6.07, 6.45) is 0. The summed E-state index contributed by atoms with van der Waals surface area (Å²) in [5, 5.41) is 16.0. The van der Waals surface area contributed by atoms with E-state index in [2.05, 4.69) is 35.8 Å². The van der Waals surface area contributed by atoms with Gasteiger partial charge in [-0.15, -0.1) is 0 Å². The molecule has 8 nitrogen and oxygen atoms in total. The van der Waals surface area contributed by atoms with Gasteiger partial charge in [-0.3, -0.25) is 0 Å². The van der Waals surface area contributed by atoms with E-state index >= 15 is 0 Å². The van der Waals surface area contributed by atoms with Crippen molar-refractivity contribution in [3.05, 3.63) is 29.8 Å². The molecule has 1 fully saturated rings. The molecule has 0 unspecified atom stereocenters. The number of nitrogens with zero attached hydrogens (tertiary/aromatic N) is 3. The Morgan fingerprint density at radius 1 is 1.11 bits per heavy atom. The number of hydrogen-bond donors (Lipinski definition) is 2. The largest absolute Gasteiger partial charge is 0.497 e. The van der Waals surface area contributed by atoms with Gasteiger partial charge in [-0.1, -0.05) is 6.92 Å². The summed E-state index contributed by atoms with van der Waals surface area (Å²) >= 11 is 0. The molecule has 0 saturated carbocycles. The molecule has 1 aromatic heterocycles. The normalized spacial score (nSPS) is 14.4. The predicted molar refractivity (Wildman–Crippen MR) is 103 cm³/mol. The van der Waals surface area contributed by atoms with Gasteiger partial charge >= 0.3 is 11.9 Å². The minimum Gasteiger partial charge on any atom is -0.497 e. The highest BCUT2D eigenvalue weighted by atomic mass is 16.5. The van der Waals surface area contributed by atoms with Gasteiger partial charge in [0.1, 0.15) is 11.6 Å². The van der Waals surface area contributed by atoms with Gasteiger partial charge in [0.2, 0.25) is 0 Å². The van der Waals surface area contributed by atoms with E-state index < -0.39 is 11.9 Å². The molecular formula is C19H25N3O5. The van der Waals surface area contributed by atoms with Gasteiger partial charge in [-0.05, 0) is 37.2 Å². The molecule has 0 spiro atoms. The van der Waals surface area contributed by atoms with Crippen LogP contribution in [0.4, 0.5) is 5.82 Å². The zero-order valence-corrected chi connectivity index (χ0v) is 15.8. The summed E-state index contributed by atoms with van der Waals surface area (Å²) in [5.41, 5.74) is 2.29. The molecule has 0 radical (unpaired) electrons. The van der Waals surface area contributed by atoms with Gasteiger partial charge in [0, 0.05) is 37.6 Å². The van der Waals surface area contributed by atoms with Crippen LogP contribution >= 0.6 is 0 Å². The Morgan fingerprint density at radius 3 is 2.26 bits per heavy atom. The lowest BCUT2D eigenvalue weighted by atomic mass is 10.1. The molecule has 0 atom stereocenters. The fourth-order valence-electron chi connectivity index (χ4n) is 2.95. The summed E-state index contributed by atoms with van der Waals surface area (Å²) in [6.45, 7) is 9.85. The number of fused-ring (bicyclic) bond motifs is 1. The molecule has 2 aromatic rings. The minimum absolute atomic E-state index is 0.863. The van der Waals surface area contributed by atoms with E-state index in [1.165, 1.54) is 10.9 Å². The van der Waals surface area contributed by atoms with Crippen molar-refractivity contribution in [3.8, 4) is 5.75 Å². The van der Waals surface area contributed by atoms with Crippen LogP contribution in [-0.4, -0.2) is 71.9 Å². The third kappa shape index (κ3) is 5.30. The van der Waals surface area contributed by atoms with Gasteiger partial charge in [-0.25, -0.2) is 14.6 Å². The van der Waals surface area contributed by atoms with E-state index in [0.717, 1.165) is 49.8 Å². The molecule has 27 heavy (non-hydrogen) atoms. The molecule has 1 aromatic carbocycles. The lowest BCUT2D eigenvalue weighted by molar-refractivity contribution is -0.159. The molecule has 146 valence electrons. The number of methoxy groups -OCH3 is 1. The van der Waals surface area contributed by atoms with Crippen LogP contribution in [0.2, 0.25) is 0 Å². The first-order valence-electron chi connectivity index (χ1n) is 8.74. The average Bonchev–Trinajstić information content (AvgIpc) is 2.67. The third-order valence-electron chi connectivity index (χ3n) is 4.54. The lowest BCUT2D eigenvalue weighted by Gasteiger charge is -2.35. The number of carboxylic acids is 2. The van der Waals surface area contributed by atoms with Gasteiger partial charge in [0.25, 0.3) is 0 Å². The number of piperazine rings is 1. The third-order valence-corrected chi connectivity index (χ3v) is 4.54. The predicted octanol–water partition coefficient (Wildman–Crippen LogP) is 1.85. The molecule has 1 aliphatic rings. The van der Waals surface area contributed by atoms with E-state index in [0.29, 0.717) is 0 Å². The molecule has 3 rings (SSSR count). The van der Waals surface area contributed by atoms with Crippen molar-refractivity contribution in [3.63, 3.8) is 0 Å². The number of carbonyl (C=O) groups is 2. The van der Waals surface area contributed by atoms with E-state index in [4.69, 9.17) is 29.5 Å². The topological polar surface area (TPSA) is 103 Å². The van der Waals surface area contributed by atoms with Crippen molar-refractivity contribution in [2.24, 2.45) is 0 Å². The lowest BCUT2D eigenvalue weighted by Crippen LogP contribution is -2.46. The maximum Gasteiger partial charge on any atom is 0.414 e. The molecule has 1 saturated heterocycles. The van der Waals surface area contributed by atoms with Crippen LogP contribution in [0.3, 0.4) is 0 Å². The van der Waals surface area contributed by atoms with Gasteiger partial charge < -0.3 is 24.7 Å². The number of rotatable bonds is 3. The van der Waals surface area contributed by atoms with Crippen molar-refractivity contribution in [2.75, 3.05) is 44.7 Å². The number of pyridine rings is 1. The molecule has 2 heterocycles. The second-order valence-electron chi connectivity index (χ2n) is 6.21. The Balaban J connectivity index is 0.000000380. The fourth-order valence-corrected chi connectivity index (χ4v) is 2.95. The number of aromatic nitrogens is 1. The zero-order valence-electron chi connectivity index (χ0n) is 15.8. The van der Waals surface area contributed by atoms with Gasteiger partial charge in [0.05, 0.1) is 12.6 Å². The standard InChI is InChI=1S/C17H23N3O.C2H2O4/c1-4-19-7-9-20(10-8-19)17-11-13(2)15-6-5-14(21-3)12-16(15)18-17;3-1(4)2(5)6/h5-6,11-12H,4,7-10H2,1-3H3;(H,3,4)(H,5,6). The zero-order chi connectivity index (χ0) is 20.0. The molecular weight excluding hydrogens is 350 g/mol. The summed E-state index contributed by atoms with van der Waals surface area (Å²) < 4.78 is 5.32. The Morgan fingerprint density at radius 2 is 1.74 bits per heavy atom. The number of benzene rings is 1. The summed E-state index contributed by atoms with van der Waals surface area (Å²) in [7, 11) is 1.70. The molecule has 0 amide bonds. The van der Waals surface area contributed by atoms with Crippen LogP contribution in [0, 0.1) is 6.92 Å². The first-order valence-corrected chi connectivity index (χ1v) is 8.74. The number of carboxylic acid groups (broad SMARTS) is 2. The average molecular weight is 375 g/mol. The Labute approximate surface area is 158 Å². The summed E-state index contributed by atoms with van der Waals surface area (Å²) in [6, 6.07) is 8.32. The molecule has 2 N–H and O–H groups in total.